The van der Waals surface area contributed by atoms with Gasteiger partial charge in [-0.1, -0.05) is 17.7 Å². The molecule has 0 amide bonds. The molecule has 0 aromatic heterocycles. The molecule has 1 aromatic rings. The third kappa shape index (κ3) is 6.76. The minimum Gasteiger partial charge on any atom is -0.481 e. The first-order valence-electron chi connectivity index (χ1n) is 6.50. The van der Waals surface area contributed by atoms with Gasteiger partial charge in [0.25, 0.3) is 0 Å². The molecule has 1 rings (SSSR count). The fourth-order valence-electron chi connectivity index (χ4n) is 1.52. The molecule has 0 unspecified atom stereocenters. The summed E-state index contributed by atoms with van der Waals surface area (Å²) in [5.74, 6) is -1.47. The minimum absolute atomic E-state index is 0.0322. The van der Waals surface area contributed by atoms with E-state index >= 15 is 0 Å². The zero-order valence-electron chi connectivity index (χ0n) is 11.6. The Morgan fingerprint density at radius 1 is 1.38 bits per heavy atom. The Morgan fingerprint density at radius 2 is 2.14 bits per heavy atom. The molecule has 0 radical (unpaired) electrons. The number of halogens is 1. The van der Waals surface area contributed by atoms with E-state index in [1.165, 1.54) is 0 Å². The summed E-state index contributed by atoms with van der Waals surface area (Å²) in [5, 5.41) is 13.2. The number of hydrogen-bond acceptors (Lipinski definition) is 5. The van der Waals surface area contributed by atoms with E-state index in [1.807, 2.05) is 0 Å². The molecule has 0 saturated heterocycles. The molecule has 2 N–H and O–H groups in total. The lowest BCUT2D eigenvalue weighted by Gasteiger charge is -2.07. The number of carboxylic acid groups (broad SMARTS) is 1. The van der Waals surface area contributed by atoms with Crippen LogP contribution in [-0.2, 0) is 14.3 Å². The molecule has 114 valence electrons. The number of hydrazone groups is 1. The number of aliphatic carboxylic acids is 1. The Bertz CT molecular complexity index is 531. The van der Waals surface area contributed by atoms with Crippen molar-refractivity contribution in [1.82, 2.24) is 0 Å². The summed E-state index contributed by atoms with van der Waals surface area (Å²) in [7, 11) is 0. The van der Waals surface area contributed by atoms with Crippen LogP contribution in [0.3, 0.4) is 0 Å². The van der Waals surface area contributed by atoms with Gasteiger partial charge in [0.2, 0.25) is 0 Å². The molecule has 1 aromatic carbocycles. The first kappa shape index (κ1) is 17.0. The molecular weight excluding hydrogens is 296 g/mol. The fourth-order valence-corrected chi connectivity index (χ4v) is 1.71. The number of anilines is 1. The number of benzene rings is 1. The number of nitrogens with zero attached hydrogens (tertiary/aromatic N) is 1. The third-order valence-corrected chi connectivity index (χ3v) is 2.69. The Hall–Kier alpha value is -2.08. The van der Waals surface area contributed by atoms with Gasteiger partial charge in [-0.05, 0) is 38.0 Å². The molecular formula is C14H17ClN2O4. The van der Waals surface area contributed by atoms with Crippen LogP contribution in [0.25, 0.3) is 0 Å². The van der Waals surface area contributed by atoms with Crippen LogP contribution in [0.2, 0.25) is 5.02 Å². The lowest BCUT2D eigenvalue weighted by atomic mass is 10.1. The van der Waals surface area contributed by atoms with Gasteiger partial charge >= 0.3 is 11.9 Å². The van der Waals surface area contributed by atoms with E-state index in [9.17, 15) is 9.59 Å². The molecule has 0 fully saturated rings. The Morgan fingerprint density at radius 3 is 2.76 bits per heavy atom. The summed E-state index contributed by atoms with van der Waals surface area (Å²) in [4.78, 5) is 22.2. The van der Waals surface area contributed by atoms with Crippen molar-refractivity contribution in [2.24, 2.45) is 5.10 Å². The van der Waals surface area contributed by atoms with Crippen molar-refractivity contribution in [1.29, 1.82) is 0 Å². The molecule has 0 aliphatic rings. The smallest absolute Gasteiger partial charge is 0.354 e. The minimum atomic E-state index is -0.916. The molecule has 21 heavy (non-hydrogen) atoms. The van der Waals surface area contributed by atoms with Crippen LogP contribution in [0.4, 0.5) is 5.69 Å². The van der Waals surface area contributed by atoms with Gasteiger partial charge in [-0.25, -0.2) is 4.79 Å². The van der Waals surface area contributed by atoms with E-state index in [1.54, 1.807) is 31.2 Å². The summed E-state index contributed by atoms with van der Waals surface area (Å²) in [6, 6.07) is 6.87. The highest BCUT2D eigenvalue weighted by atomic mass is 35.5. The van der Waals surface area contributed by atoms with E-state index in [4.69, 9.17) is 21.4 Å². The number of rotatable bonds is 8. The number of carbonyl (C=O) groups is 2. The Labute approximate surface area is 127 Å². The van der Waals surface area contributed by atoms with Crippen molar-refractivity contribution in [2.45, 2.75) is 26.2 Å². The van der Waals surface area contributed by atoms with Gasteiger partial charge in [0.1, 0.15) is 5.71 Å². The van der Waals surface area contributed by atoms with Crippen molar-refractivity contribution in [3.8, 4) is 0 Å². The van der Waals surface area contributed by atoms with Crippen LogP contribution in [0, 0.1) is 0 Å². The number of ether oxygens (including phenoxy) is 1. The quantitative estimate of drug-likeness (QED) is 0.438. The predicted molar refractivity (Wildman–Crippen MR) is 80.6 cm³/mol. The molecule has 0 saturated carbocycles. The second-order valence-electron chi connectivity index (χ2n) is 4.15. The van der Waals surface area contributed by atoms with Gasteiger partial charge in [0.15, 0.2) is 0 Å². The molecule has 0 spiro atoms. The zero-order chi connectivity index (χ0) is 15.7. The van der Waals surface area contributed by atoms with E-state index in [0.717, 1.165) is 0 Å². The maximum atomic E-state index is 11.7. The van der Waals surface area contributed by atoms with Crippen LogP contribution in [0.5, 0.6) is 0 Å². The van der Waals surface area contributed by atoms with Crippen molar-refractivity contribution in [2.75, 3.05) is 12.0 Å². The number of carbonyl (C=O) groups excluding carboxylic acids is 1. The zero-order valence-corrected chi connectivity index (χ0v) is 12.4. The summed E-state index contributed by atoms with van der Waals surface area (Å²) in [5.41, 5.74) is 3.50. The third-order valence-electron chi connectivity index (χ3n) is 2.46. The van der Waals surface area contributed by atoms with E-state index in [2.05, 4.69) is 10.5 Å². The maximum absolute atomic E-state index is 11.7. The second kappa shape index (κ2) is 8.97. The molecule has 0 heterocycles. The normalized spacial score (nSPS) is 11.0. The number of esters is 1. The van der Waals surface area contributed by atoms with Gasteiger partial charge in [0.05, 0.1) is 12.3 Å². The van der Waals surface area contributed by atoms with Gasteiger partial charge in [-0.2, -0.15) is 5.10 Å². The number of carboxylic acids is 1. The molecule has 0 aliphatic heterocycles. The van der Waals surface area contributed by atoms with E-state index < -0.39 is 11.9 Å². The monoisotopic (exact) mass is 312 g/mol. The number of nitrogens with one attached hydrogen (secondary N) is 1. The average molecular weight is 313 g/mol. The summed E-state index contributed by atoms with van der Waals surface area (Å²) in [6.07, 6.45) is 0.499. The lowest BCUT2D eigenvalue weighted by Crippen LogP contribution is -2.19. The summed E-state index contributed by atoms with van der Waals surface area (Å²) in [6.45, 7) is 1.92. The topological polar surface area (TPSA) is 88.0 Å². The standard InChI is InChI=1S/C14H17ClN2O4/c1-2-21-14(20)12(7-4-8-13(18)19)17-16-11-6-3-5-10(15)9-11/h3,5-6,9,16H,2,4,7-8H2,1H3,(H,18,19)/b17-12+. The lowest BCUT2D eigenvalue weighted by molar-refractivity contribution is -0.137. The maximum Gasteiger partial charge on any atom is 0.354 e. The second-order valence-corrected chi connectivity index (χ2v) is 4.58. The SMILES string of the molecule is CCOC(=O)/C(CCCC(=O)O)=N/Nc1cccc(Cl)c1. The van der Waals surface area contributed by atoms with Crippen LogP contribution < -0.4 is 5.43 Å². The van der Waals surface area contributed by atoms with Crippen molar-refractivity contribution in [3.05, 3.63) is 29.3 Å². The van der Waals surface area contributed by atoms with Gasteiger partial charge < -0.3 is 9.84 Å². The molecule has 6 nitrogen and oxygen atoms in total. The molecule has 0 aliphatic carbocycles. The first-order valence-corrected chi connectivity index (χ1v) is 6.87. The van der Waals surface area contributed by atoms with Crippen molar-refractivity contribution in [3.63, 3.8) is 0 Å². The molecule has 0 bridgehead atoms. The highest BCUT2D eigenvalue weighted by molar-refractivity contribution is 6.36. The highest BCUT2D eigenvalue weighted by Gasteiger charge is 2.13. The van der Waals surface area contributed by atoms with Gasteiger partial charge in [0, 0.05) is 11.4 Å². The number of hydrogen-bond donors (Lipinski definition) is 2. The summed E-state index contributed by atoms with van der Waals surface area (Å²) < 4.78 is 4.89. The Balaban J connectivity index is 2.71. The van der Waals surface area contributed by atoms with E-state index in [0.29, 0.717) is 17.1 Å². The van der Waals surface area contributed by atoms with Crippen LogP contribution in [-0.4, -0.2) is 29.4 Å². The first-order chi connectivity index (χ1) is 10.0. The van der Waals surface area contributed by atoms with Crippen molar-refractivity contribution < 1.29 is 19.4 Å². The summed E-state index contributed by atoms with van der Waals surface area (Å²) >= 11 is 5.85. The molecule has 7 heteroatoms. The average Bonchev–Trinajstić information content (AvgIpc) is 2.42. The Kier molecular flexibility index (Phi) is 7.25. The van der Waals surface area contributed by atoms with E-state index in [-0.39, 0.29) is 25.2 Å². The van der Waals surface area contributed by atoms with Crippen molar-refractivity contribution >= 4 is 34.9 Å². The molecule has 0 atom stereocenters. The van der Waals surface area contributed by atoms with Crippen LogP contribution >= 0.6 is 11.6 Å². The van der Waals surface area contributed by atoms with Gasteiger partial charge in [-0.3, -0.25) is 10.2 Å². The van der Waals surface area contributed by atoms with Crippen LogP contribution in [0.1, 0.15) is 26.2 Å². The van der Waals surface area contributed by atoms with Crippen LogP contribution in [0.15, 0.2) is 29.4 Å². The predicted octanol–water partition coefficient (Wildman–Crippen LogP) is 2.93. The highest BCUT2D eigenvalue weighted by Crippen LogP contribution is 2.15. The fraction of sp³-hybridized carbons (Fsp3) is 0.357. The van der Waals surface area contributed by atoms with Gasteiger partial charge in [-0.15, -0.1) is 0 Å². The largest absolute Gasteiger partial charge is 0.481 e.